The first-order valence-corrected chi connectivity index (χ1v) is 8.13. The molecule has 0 radical (unpaired) electrons. The molecule has 0 fully saturated rings. The van der Waals surface area contributed by atoms with E-state index in [2.05, 4.69) is 62.4 Å². The second-order valence-electron chi connectivity index (χ2n) is 6.05. The molecule has 2 heteroatoms. The highest BCUT2D eigenvalue weighted by Crippen LogP contribution is 2.32. The Morgan fingerprint density at radius 1 is 0.583 bits per heavy atom. The molecule has 24 heavy (non-hydrogen) atoms. The Labute approximate surface area is 141 Å². The first kappa shape index (κ1) is 14.6. The summed E-state index contributed by atoms with van der Waals surface area (Å²) in [5, 5.41) is 1.14. The predicted octanol–water partition coefficient (Wildman–Crippen LogP) is 5.58. The van der Waals surface area contributed by atoms with Gasteiger partial charge in [-0.2, -0.15) is 0 Å². The van der Waals surface area contributed by atoms with Crippen molar-refractivity contribution in [1.29, 1.82) is 0 Å². The smallest absolute Gasteiger partial charge is 0.160 e. The summed E-state index contributed by atoms with van der Waals surface area (Å²) in [7, 11) is 0. The van der Waals surface area contributed by atoms with Gasteiger partial charge in [0.2, 0.25) is 0 Å². The van der Waals surface area contributed by atoms with Gasteiger partial charge < -0.3 is 0 Å². The molecule has 1 heterocycles. The highest BCUT2D eigenvalue weighted by Gasteiger charge is 2.14. The van der Waals surface area contributed by atoms with Crippen LogP contribution in [-0.2, 0) is 0 Å². The van der Waals surface area contributed by atoms with E-state index in [4.69, 9.17) is 9.97 Å². The van der Waals surface area contributed by atoms with Crippen LogP contribution in [0.3, 0.4) is 0 Å². The first-order valence-electron chi connectivity index (χ1n) is 8.13. The lowest BCUT2D eigenvalue weighted by molar-refractivity contribution is 1.21. The topological polar surface area (TPSA) is 25.8 Å². The molecule has 4 aromatic rings. The minimum atomic E-state index is 0.774. The normalized spacial score (nSPS) is 10.9. The Bertz CT molecular complexity index is 1010. The average molecular weight is 310 g/mol. The van der Waals surface area contributed by atoms with Gasteiger partial charge in [0.15, 0.2) is 5.82 Å². The average Bonchev–Trinajstić information content (AvgIpc) is 2.65. The number of hydrogen-bond donors (Lipinski definition) is 0. The fourth-order valence-corrected chi connectivity index (χ4v) is 3.05. The Morgan fingerprint density at radius 3 is 1.83 bits per heavy atom. The number of hydrogen-bond acceptors (Lipinski definition) is 2. The van der Waals surface area contributed by atoms with E-state index in [1.807, 2.05) is 24.3 Å². The van der Waals surface area contributed by atoms with Gasteiger partial charge in [-0.15, -0.1) is 0 Å². The van der Waals surface area contributed by atoms with Gasteiger partial charge in [-0.25, -0.2) is 9.97 Å². The lowest BCUT2D eigenvalue weighted by Gasteiger charge is -2.13. The molecule has 0 spiro atoms. The van der Waals surface area contributed by atoms with Gasteiger partial charge in [0.05, 0.1) is 11.2 Å². The summed E-state index contributed by atoms with van der Waals surface area (Å²) in [6.07, 6.45) is 0. The molecule has 0 amide bonds. The highest BCUT2D eigenvalue weighted by atomic mass is 14.9. The standard InChI is InChI=1S/C22H18N2/c1-15-13-14-16(2)20-19(15)21(17-9-5-3-6-10-17)24-22(23-20)18-11-7-4-8-12-18/h3-14H,1-2H3. The third-order valence-electron chi connectivity index (χ3n) is 4.34. The molecule has 0 atom stereocenters. The molecule has 0 aliphatic carbocycles. The maximum atomic E-state index is 4.93. The van der Waals surface area contributed by atoms with E-state index in [9.17, 15) is 0 Å². The van der Waals surface area contributed by atoms with Crippen LogP contribution in [0.1, 0.15) is 11.1 Å². The summed E-state index contributed by atoms with van der Waals surface area (Å²) < 4.78 is 0. The van der Waals surface area contributed by atoms with Crippen molar-refractivity contribution in [2.45, 2.75) is 13.8 Å². The van der Waals surface area contributed by atoms with Crippen molar-refractivity contribution in [3.63, 3.8) is 0 Å². The van der Waals surface area contributed by atoms with Gasteiger partial charge in [0.1, 0.15) is 0 Å². The van der Waals surface area contributed by atoms with Gasteiger partial charge in [-0.3, -0.25) is 0 Å². The molecular formula is C22H18N2. The molecular weight excluding hydrogens is 292 g/mol. The van der Waals surface area contributed by atoms with E-state index in [0.717, 1.165) is 33.5 Å². The molecule has 3 aromatic carbocycles. The van der Waals surface area contributed by atoms with Crippen LogP contribution in [0.5, 0.6) is 0 Å². The summed E-state index contributed by atoms with van der Waals surface area (Å²) in [5.74, 6) is 0.774. The SMILES string of the molecule is Cc1ccc(C)c2c(-c3ccccc3)nc(-c3ccccc3)nc12. The zero-order chi connectivity index (χ0) is 16.5. The molecule has 0 saturated heterocycles. The summed E-state index contributed by atoms with van der Waals surface area (Å²) in [5.41, 5.74) is 6.57. The van der Waals surface area contributed by atoms with Crippen molar-refractivity contribution in [3.05, 3.63) is 83.9 Å². The van der Waals surface area contributed by atoms with E-state index >= 15 is 0 Å². The molecule has 2 nitrogen and oxygen atoms in total. The highest BCUT2D eigenvalue weighted by molar-refractivity contribution is 5.97. The Morgan fingerprint density at radius 2 is 1.17 bits per heavy atom. The van der Waals surface area contributed by atoms with Crippen LogP contribution < -0.4 is 0 Å². The van der Waals surface area contributed by atoms with Crippen molar-refractivity contribution in [2.75, 3.05) is 0 Å². The van der Waals surface area contributed by atoms with Crippen LogP contribution in [-0.4, -0.2) is 9.97 Å². The summed E-state index contributed by atoms with van der Waals surface area (Å²) >= 11 is 0. The number of aryl methyl sites for hydroxylation is 2. The zero-order valence-electron chi connectivity index (χ0n) is 13.8. The summed E-state index contributed by atoms with van der Waals surface area (Å²) in [6, 6.07) is 24.8. The summed E-state index contributed by atoms with van der Waals surface area (Å²) in [6.45, 7) is 4.23. The van der Waals surface area contributed by atoms with Crippen molar-refractivity contribution < 1.29 is 0 Å². The lowest BCUT2D eigenvalue weighted by Crippen LogP contribution is -1.98. The third-order valence-corrected chi connectivity index (χ3v) is 4.34. The maximum absolute atomic E-state index is 4.93. The molecule has 0 N–H and O–H groups in total. The summed E-state index contributed by atoms with van der Waals surface area (Å²) in [4.78, 5) is 9.81. The Balaban J connectivity index is 2.10. The van der Waals surface area contributed by atoms with Crippen LogP contribution in [0, 0.1) is 13.8 Å². The fourth-order valence-electron chi connectivity index (χ4n) is 3.05. The van der Waals surface area contributed by atoms with Gasteiger partial charge in [0.25, 0.3) is 0 Å². The van der Waals surface area contributed by atoms with Crippen LogP contribution in [0.2, 0.25) is 0 Å². The maximum Gasteiger partial charge on any atom is 0.160 e. The quantitative estimate of drug-likeness (QED) is 0.483. The van der Waals surface area contributed by atoms with Crippen molar-refractivity contribution >= 4 is 10.9 Å². The van der Waals surface area contributed by atoms with Crippen LogP contribution in [0.15, 0.2) is 72.8 Å². The molecule has 4 rings (SSSR count). The second-order valence-corrected chi connectivity index (χ2v) is 6.05. The van der Waals surface area contributed by atoms with Crippen LogP contribution in [0.4, 0.5) is 0 Å². The lowest BCUT2D eigenvalue weighted by atomic mass is 9.99. The largest absolute Gasteiger partial charge is 0.228 e. The van der Waals surface area contributed by atoms with Gasteiger partial charge in [-0.1, -0.05) is 72.8 Å². The monoisotopic (exact) mass is 310 g/mol. The molecule has 0 aliphatic heterocycles. The fraction of sp³-hybridized carbons (Fsp3) is 0.0909. The molecule has 0 bridgehead atoms. The number of aromatic nitrogens is 2. The van der Waals surface area contributed by atoms with E-state index in [1.54, 1.807) is 0 Å². The molecule has 1 aromatic heterocycles. The van der Waals surface area contributed by atoms with Crippen molar-refractivity contribution in [3.8, 4) is 22.6 Å². The van der Waals surface area contributed by atoms with Crippen molar-refractivity contribution in [2.24, 2.45) is 0 Å². The van der Waals surface area contributed by atoms with E-state index in [0.29, 0.717) is 0 Å². The van der Waals surface area contributed by atoms with E-state index < -0.39 is 0 Å². The number of nitrogens with zero attached hydrogens (tertiary/aromatic N) is 2. The minimum absolute atomic E-state index is 0.774. The first-order chi connectivity index (χ1) is 11.7. The number of benzene rings is 3. The second kappa shape index (κ2) is 5.89. The van der Waals surface area contributed by atoms with Gasteiger partial charge in [-0.05, 0) is 25.0 Å². The predicted molar refractivity (Wildman–Crippen MR) is 99.9 cm³/mol. The molecule has 0 saturated carbocycles. The van der Waals surface area contributed by atoms with Gasteiger partial charge in [0, 0.05) is 16.5 Å². The molecule has 0 unspecified atom stereocenters. The third kappa shape index (κ3) is 2.46. The molecule has 0 aliphatic rings. The van der Waals surface area contributed by atoms with Crippen LogP contribution in [0.25, 0.3) is 33.5 Å². The number of fused-ring (bicyclic) bond motifs is 1. The van der Waals surface area contributed by atoms with Gasteiger partial charge >= 0.3 is 0 Å². The molecule has 116 valence electrons. The van der Waals surface area contributed by atoms with Crippen molar-refractivity contribution in [1.82, 2.24) is 9.97 Å². The number of rotatable bonds is 2. The van der Waals surface area contributed by atoms with E-state index in [-0.39, 0.29) is 0 Å². The van der Waals surface area contributed by atoms with Crippen LogP contribution >= 0.6 is 0 Å². The minimum Gasteiger partial charge on any atom is -0.228 e. The Hall–Kier alpha value is -3.00. The zero-order valence-corrected chi connectivity index (χ0v) is 13.8. The van der Waals surface area contributed by atoms with E-state index in [1.165, 1.54) is 11.1 Å². The Kier molecular flexibility index (Phi) is 3.58.